The molecule has 0 aliphatic carbocycles. The lowest BCUT2D eigenvalue weighted by Gasteiger charge is -2.31. The van der Waals surface area contributed by atoms with Gasteiger partial charge < -0.3 is 10.4 Å². The van der Waals surface area contributed by atoms with Crippen LogP contribution < -0.4 is 5.32 Å². The fraction of sp³-hybridized carbons (Fsp3) is 0.500. The van der Waals surface area contributed by atoms with Crippen LogP contribution in [0.15, 0.2) is 24.3 Å². The first-order valence-corrected chi connectivity index (χ1v) is 7.00. The molecule has 0 saturated heterocycles. The smallest absolute Gasteiger partial charge is 0.251 e. The van der Waals surface area contributed by atoms with Crippen molar-refractivity contribution in [3.8, 4) is 6.07 Å². The maximum atomic E-state index is 12.1. The van der Waals surface area contributed by atoms with E-state index in [2.05, 4.69) is 19.2 Å². The van der Waals surface area contributed by atoms with E-state index in [0.29, 0.717) is 24.1 Å². The van der Waals surface area contributed by atoms with Gasteiger partial charge in [-0.1, -0.05) is 19.9 Å². The number of hydrogen-bond acceptors (Lipinski definition) is 3. The fourth-order valence-corrected chi connectivity index (χ4v) is 2.28. The predicted molar refractivity (Wildman–Crippen MR) is 78.2 cm³/mol. The van der Waals surface area contributed by atoms with Gasteiger partial charge in [-0.15, -0.1) is 0 Å². The number of carbonyl (C=O) groups excluding carboxylic acids is 1. The summed E-state index contributed by atoms with van der Waals surface area (Å²) in [6.45, 7) is 4.81. The highest BCUT2D eigenvalue weighted by Gasteiger charge is 2.26. The summed E-state index contributed by atoms with van der Waals surface area (Å²) in [5.41, 5.74) is 0.913. The van der Waals surface area contributed by atoms with Crippen molar-refractivity contribution in [2.75, 3.05) is 13.2 Å². The summed E-state index contributed by atoms with van der Waals surface area (Å²) in [5, 5.41) is 20.9. The minimum atomic E-state index is -0.175. The average Bonchev–Trinajstić information content (AvgIpc) is 2.51. The molecule has 0 atom stereocenters. The Hall–Kier alpha value is -1.86. The third-order valence-electron chi connectivity index (χ3n) is 4.02. The minimum Gasteiger partial charge on any atom is -0.396 e. The number of rotatable bonds is 7. The van der Waals surface area contributed by atoms with Crippen molar-refractivity contribution in [1.82, 2.24) is 5.32 Å². The van der Waals surface area contributed by atoms with Gasteiger partial charge in [0, 0.05) is 18.7 Å². The first-order valence-electron chi connectivity index (χ1n) is 7.00. The molecule has 2 N–H and O–H groups in total. The van der Waals surface area contributed by atoms with Crippen LogP contribution in [0.3, 0.4) is 0 Å². The van der Waals surface area contributed by atoms with E-state index in [1.165, 1.54) is 0 Å². The van der Waals surface area contributed by atoms with Crippen LogP contribution in [-0.4, -0.2) is 24.2 Å². The van der Waals surface area contributed by atoms with Gasteiger partial charge in [0.1, 0.15) is 0 Å². The summed E-state index contributed by atoms with van der Waals surface area (Å²) in [6.07, 6.45) is 2.49. The molecule has 1 amide bonds. The SMILES string of the molecule is CCC(CC)(CCO)CNC(=O)c1cccc(C#N)c1. The normalized spacial score (nSPS) is 10.9. The molecular formula is C16H22N2O2. The van der Waals surface area contributed by atoms with Crippen LogP contribution in [-0.2, 0) is 0 Å². The van der Waals surface area contributed by atoms with Gasteiger partial charge in [-0.25, -0.2) is 0 Å². The Balaban J connectivity index is 2.72. The van der Waals surface area contributed by atoms with Crippen molar-refractivity contribution in [2.24, 2.45) is 5.41 Å². The molecule has 0 fully saturated rings. The third-order valence-corrected chi connectivity index (χ3v) is 4.02. The van der Waals surface area contributed by atoms with E-state index in [9.17, 15) is 4.79 Å². The summed E-state index contributed by atoms with van der Waals surface area (Å²) in [6, 6.07) is 8.68. The molecule has 1 rings (SSSR count). The summed E-state index contributed by atoms with van der Waals surface area (Å²) in [4.78, 5) is 12.1. The number of carbonyl (C=O) groups is 1. The van der Waals surface area contributed by atoms with Crippen molar-refractivity contribution < 1.29 is 9.90 Å². The zero-order chi connectivity index (χ0) is 15.0. The largest absolute Gasteiger partial charge is 0.396 e. The predicted octanol–water partition coefficient (Wildman–Crippen LogP) is 2.48. The highest BCUT2D eigenvalue weighted by molar-refractivity contribution is 5.94. The molecule has 0 heterocycles. The van der Waals surface area contributed by atoms with Gasteiger partial charge in [-0.2, -0.15) is 5.26 Å². The Morgan fingerprint density at radius 3 is 2.65 bits per heavy atom. The van der Waals surface area contributed by atoms with E-state index in [1.807, 2.05) is 6.07 Å². The van der Waals surface area contributed by atoms with Crippen molar-refractivity contribution >= 4 is 5.91 Å². The number of amides is 1. The minimum absolute atomic E-state index is 0.0583. The molecule has 0 saturated carbocycles. The zero-order valence-electron chi connectivity index (χ0n) is 12.1. The molecule has 0 radical (unpaired) electrons. The van der Waals surface area contributed by atoms with Crippen molar-refractivity contribution in [1.29, 1.82) is 5.26 Å². The highest BCUT2D eigenvalue weighted by atomic mass is 16.3. The Morgan fingerprint density at radius 1 is 1.40 bits per heavy atom. The lowest BCUT2D eigenvalue weighted by atomic mass is 9.79. The molecule has 4 heteroatoms. The molecule has 0 aromatic heterocycles. The molecule has 1 aromatic carbocycles. The molecule has 0 unspecified atom stereocenters. The number of hydrogen-bond donors (Lipinski definition) is 2. The van der Waals surface area contributed by atoms with Crippen molar-refractivity contribution in [3.63, 3.8) is 0 Å². The van der Waals surface area contributed by atoms with Gasteiger partial charge >= 0.3 is 0 Å². The van der Waals surface area contributed by atoms with Crippen LogP contribution in [0.1, 0.15) is 49.0 Å². The average molecular weight is 274 g/mol. The Kier molecular flexibility index (Phi) is 6.20. The maximum Gasteiger partial charge on any atom is 0.251 e. The molecule has 0 aliphatic heterocycles. The van der Waals surface area contributed by atoms with E-state index in [0.717, 1.165) is 12.8 Å². The number of nitriles is 1. The molecule has 0 bridgehead atoms. The number of nitrogens with zero attached hydrogens (tertiary/aromatic N) is 1. The molecule has 108 valence electrons. The number of aliphatic hydroxyl groups is 1. The van der Waals surface area contributed by atoms with E-state index >= 15 is 0 Å². The van der Waals surface area contributed by atoms with Crippen LogP contribution in [0.2, 0.25) is 0 Å². The second-order valence-corrected chi connectivity index (χ2v) is 5.06. The van der Waals surface area contributed by atoms with Crippen molar-refractivity contribution in [3.05, 3.63) is 35.4 Å². The Morgan fingerprint density at radius 2 is 2.10 bits per heavy atom. The first-order chi connectivity index (χ1) is 9.60. The van der Waals surface area contributed by atoms with Gasteiger partial charge in [0.2, 0.25) is 0 Å². The lowest BCUT2D eigenvalue weighted by Crippen LogP contribution is -2.37. The third kappa shape index (κ3) is 4.07. The number of nitrogens with one attached hydrogen (secondary N) is 1. The van der Waals surface area contributed by atoms with E-state index in [-0.39, 0.29) is 17.9 Å². The van der Waals surface area contributed by atoms with Crippen LogP contribution in [0, 0.1) is 16.7 Å². The first kappa shape index (κ1) is 16.2. The zero-order valence-corrected chi connectivity index (χ0v) is 12.1. The van der Waals surface area contributed by atoms with Gasteiger partial charge in [0.25, 0.3) is 5.91 Å². The number of aliphatic hydroxyl groups excluding tert-OH is 1. The van der Waals surface area contributed by atoms with Crippen LogP contribution in [0.4, 0.5) is 0 Å². The van der Waals surface area contributed by atoms with Crippen LogP contribution in [0.25, 0.3) is 0 Å². The van der Waals surface area contributed by atoms with Crippen LogP contribution >= 0.6 is 0 Å². The second kappa shape index (κ2) is 7.66. The maximum absolute atomic E-state index is 12.1. The van der Waals surface area contributed by atoms with E-state index in [4.69, 9.17) is 10.4 Å². The lowest BCUT2D eigenvalue weighted by molar-refractivity contribution is 0.0907. The summed E-state index contributed by atoms with van der Waals surface area (Å²) >= 11 is 0. The Bertz CT molecular complexity index is 487. The fourth-order valence-electron chi connectivity index (χ4n) is 2.28. The van der Waals surface area contributed by atoms with Crippen molar-refractivity contribution in [2.45, 2.75) is 33.1 Å². The topological polar surface area (TPSA) is 73.1 Å². The standard InChI is InChI=1S/C16H22N2O2/c1-3-16(4-2,8-9-19)12-18-15(20)14-7-5-6-13(10-14)11-17/h5-7,10,19H,3-4,8-9,12H2,1-2H3,(H,18,20). The molecule has 20 heavy (non-hydrogen) atoms. The monoisotopic (exact) mass is 274 g/mol. The molecule has 0 spiro atoms. The number of benzene rings is 1. The molecule has 4 nitrogen and oxygen atoms in total. The highest BCUT2D eigenvalue weighted by Crippen LogP contribution is 2.29. The van der Waals surface area contributed by atoms with Gasteiger partial charge in [-0.05, 0) is 42.9 Å². The molecular weight excluding hydrogens is 252 g/mol. The van der Waals surface area contributed by atoms with Gasteiger partial charge in [-0.3, -0.25) is 4.79 Å². The summed E-state index contributed by atoms with van der Waals surface area (Å²) < 4.78 is 0. The molecule has 1 aromatic rings. The summed E-state index contributed by atoms with van der Waals surface area (Å²) in [7, 11) is 0. The van der Waals surface area contributed by atoms with E-state index < -0.39 is 0 Å². The van der Waals surface area contributed by atoms with Crippen LogP contribution in [0.5, 0.6) is 0 Å². The second-order valence-electron chi connectivity index (χ2n) is 5.06. The van der Waals surface area contributed by atoms with Gasteiger partial charge in [0.15, 0.2) is 0 Å². The Labute approximate surface area is 120 Å². The van der Waals surface area contributed by atoms with E-state index in [1.54, 1.807) is 24.3 Å². The quantitative estimate of drug-likeness (QED) is 0.802. The molecule has 0 aliphatic rings. The summed E-state index contributed by atoms with van der Waals surface area (Å²) in [5.74, 6) is -0.175. The van der Waals surface area contributed by atoms with Gasteiger partial charge in [0.05, 0.1) is 11.6 Å².